The molecule has 0 aliphatic carbocycles. The minimum Gasteiger partial charge on any atom is -0.379 e. The van der Waals surface area contributed by atoms with Crippen molar-refractivity contribution in [2.75, 3.05) is 32.1 Å². The average molecular weight is 400 g/mol. The molecule has 0 unspecified atom stereocenters. The molecule has 0 fully saturated rings. The minimum atomic E-state index is -0.0688. The van der Waals surface area contributed by atoms with Gasteiger partial charge in [0.1, 0.15) is 0 Å². The molecular formula is C12H14Br2ClNO2. The molecule has 1 amide bonds. The fourth-order valence-electron chi connectivity index (χ4n) is 1.36. The second-order valence-electron chi connectivity index (χ2n) is 3.69. The molecule has 0 bridgehead atoms. The largest absolute Gasteiger partial charge is 0.379 e. The van der Waals surface area contributed by atoms with Gasteiger partial charge in [-0.15, -0.1) is 0 Å². The van der Waals surface area contributed by atoms with Crippen molar-refractivity contribution >= 4 is 49.4 Å². The number of hydrogen-bond acceptors (Lipinski definition) is 2. The highest BCUT2D eigenvalue weighted by Crippen LogP contribution is 2.20. The van der Waals surface area contributed by atoms with Crippen molar-refractivity contribution < 1.29 is 9.53 Å². The summed E-state index contributed by atoms with van der Waals surface area (Å²) >= 11 is 12.5. The van der Waals surface area contributed by atoms with Crippen LogP contribution < -0.4 is 0 Å². The van der Waals surface area contributed by atoms with E-state index < -0.39 is 0 Å². The number of halogens is 3. The molecule has 0 spiro atoms. The van der Waals surface area contributed by atoms with E-state index in [1.807, 2.05) is 0 Å². The summed E-state index contributed by atoms with van der Waals surface area (Å²) in [6.07, 6.45) is 0. The first-order valence-electron chi connectivity index (χ1n) is 5.40. The van der Waals surface area contributed by atoms with Gasteiger partial charge in [0.25, 0.3) is 5.91 Å². The van der Waals surface area contributed by atoms with Crippen molar-refractivity contribution in [2.24, 2.45) is 0 Å². The zero-order valence-corrected chi connectivity index (χ0v) is 13.9. The number of rotatable bonds is 6. The number of alkyl halides is 1. The zero-order valence-electron chi connectivity index (χ0n) is 9.96. The van der Waals surface area contributed by atoms with E-state index in [0.717, 1.165) is 9.80 Å². The number of ether oxygens (including phenoxy) is 1. The molecule has 0 aliphatic heterocycles. The minimum absolute atomic E-state index is 0.0688. The predicted molar refractivity (Wildman–Crippen MR) is 80.7 cm³/mol. The third-order valence-corrected chi connectivity index (χ3v) is 3.25. The molecule has 18 heavy (non-hydrogen) atoms. The molecular weight excluding hydrogens is 385 g/mol. The summed E-state index contributed by atoms with van der Waals surface area (Å²) in [7, 11) is 1.74. The smallest absolute Gasteiger partial charge is 0.253 e. The Morgan fingerprint density at radius 1 is 1.39 bits per heavy atom. The van der Waals surface area contributed by atoms with Crippen molar-refractivity contribution in [1.82, 2.24) is 4.90 Å². The molecule has 0 saturated heterocycles. The first kappa shape index (κ1) is 16.0. The van der Waals surface area contributed by atoms with Crippen LogP contribution >= 0.6 is 43.5 Å². The number of carbonyl (C=O) groups excluding carboxylic acids is 1. The van der Waals surface area contributed by atoms with E-state index in [4.69, 9.17) is 16.3 Å². The molecule has 0 heterocycles. The molecule has 0 atom stereocenters. The van der Waals surface area contributed by atoms with E-state index in [2.05, 4.69) is 31.9 Å². The fraction of sp³-hybridized carbons (Fsp3) is 0.417. The SMILES string of the molecule is CN(CCOCCBr)C(=O)c1cc(Cl)cc(Br)c1. The van der Waals surface area contributed by atoms with Crippen molar-refractivity contribution in [1.29, 1.82) is 0 Å². The van der Waals surface area contributed by atoms with Gasteiger partial charge < -0.3 is 9.64 Å². The predicted octanol–water partition coefficient (Wildman–Crippen LogP) is 3.59. The zero-order chi connectivity index (χ0) is 13.5. The first-order chi connectivity index (χ1) is 8.54. The van der Waals surface area contributed by atoms with Gasteiger partial charge in [0.2, 0.25) is 0 Å². The topological polar surface area (TPSA) is 29.5 Å². The summed E-state index contributed by atoms with van der Waals surface area (Å²) in [5.41, 5.74) is 0.567. The molecule has 100 valence electrons. The molecule has 0 N–H and O–H groups in total. The maximum Gasteiger partial charge on any atom is 0.253 e. The van der Waals surface area contributed by atoms with Crippen molar-refractivity contribution in [2.45, 2.75) is 0 Å². The number of carbonyl (C=O) groups is 1. The van der Waals surface area contributed by atoms with E-state index in [0.29, 0.717) is 30.3 Å². The Labute approximate surface area is 129 Å². The molecule has 1 rings (SSSR count). The van der Waals surface area contributed by atoms with Gasteiger partial charge in [-0.25, -0.2) is 0 Å². The van der Waals surface area contributed by atoms with E-state index in [1.54, 1.807) is 30.1 Å². The van der Waals surface area contributed by atoms with Crippen LogP contribution in [0.5, 0.6) is 0 Å². The molecule has 1 aromatic rings. The Bertz CT molecular complexity index is 395. The molecule has 0 radical (unpaired) electrons. The van der Waals surface area contributed by atoms with E-state index in [1.165, 1.54) is 0 Å². The maximum absolute atomic E-state index is 12.1. The van der Waals surface area contributed by atoms with Gasteiger partial charge in [-0.2, -0.15) is 0 Å². The van der Waals surface area contributed by atoms with Gasteiger partial charge in [0.05, 0.1) is 13.2 Å². The van der Waals surface area contributed by atoms with Gasteiger partial charge in [0.15, 0.2) is 0 Å². The standard InChI is InChI=1S/C12H14Br2ClNO2/c1-16(3-5-18-4-2-13)12(17)9-6-10(14)8-11(15)7-9/h6-8H,2-5H2,1H3. The van der Waals surface area contributed by atoms with Crippen LogP contribution in [-0.2, 0) is 4.74 Å². The van der Waals surface area contributed by atoms with Crippen LogP contribution in [0.25, 0.3) is 0 Å². The number of hydrogen-bond donors (Lipinski definition) is 0. The normalized spacial score (nSPS) is 10.4. The number of benzene rings is 1. The summed E-state index contributed by atoms with van der Waals surface area (Å²) in [6, 6.07) is 5.16. The van der Waals surface area contributed by atoms with Crippen LogP contribution in [0.2, 0.25) is 5.02 Å². The summed E-state index contributed by atoms with van der Waals surface area (Å²) in [5.74, 6) is -0.0688. The number of amides is 1. The lowest BCUT2D eigenvalue weighted by Gasteiger charge is -2.17. The van der Waals surface area contributed by atoms with Crippen LogP contribution in [-0.4, -0.2) is 42.9 Å². The fourth-order valence-corrected chi connectivity index (χ4v) is 2.45. The Balaban J connectivity index is 2.57. The molecule has 6 heteroatoms. The van der Waals surface area contributed by atoms with Gasteiger partial charge >= 0.3 is 0 Å². The Morgan fingerprint density at radius 2 is 2.11 bits per heavy atom. The second kappa shape index (κ2) is 8.15. The summed E-state index contributed by atoms with van der Waals surface area (Å²) in [4.78, 5) is 13.7. The van der Waals surface area contributed by atoms with Crippen LogP contribution in [0.4, 0.5) is 0 Å². The molecule has 0 saturated carbocycles. The Kier molecular flexibility index (Phi) is 7.22. The van der Waals surface area contributed by atoms with Crippen LogP contribution in [0.15, 0.2) is 22.7 Å². The third-order valence-electron chi connectivity index (χ3n) is 2.25. The molecule has 3 nitrogen and oxygen atoms in total. The second-order valence-corrected chi connectivity index (χ2v) is 5.83. The highest BCUT2D eigenvalue weighted by Gasteiger charge is 2.12. The van der Waals surface area contributed by atoms with E-state index in [9.17, 15) is 4.79 Å². The lowest BCUT2D eigenvalue weighted by molar-refractivity contribution is 0.0713. The lowest BCUT2D eigenvalue weighted by atomic mass is 10.2. The summed E-state index contributed by atoms with van der Waals surface area (Å²) in [6.45, 7) is 1.72. The van der Waals surface area contributed by atoms with Gasteiger partial charge in [-0.3, -0.25) is 4.79 Å². The van der Waals surface area contributed by atoms with Crippen LogP contribution in [0, 0.1) is 0 Å². The summed E-state index contributed by atoms with van der Waals surface area (Å²) in [5, 5.41) is 1.34. The number of nitrogens with zero attached hydrogens (tertiary/aromatic N) is 1. The maximum atomic E-state index is 12.1. The van der Waals surface area contributed by atoms with Crippen molar-refractivity contribution in [3.8, 4) is 0 Å². The Hall–Kier alpha value is -0.100. The number of likely N-dealkylation sites (N-methyl/N-ethyl adjacent to an activating group) is 1. The third kappa shape index (κ3) is 5.26. The van der Waals surface area contributed by atoms with Crippen molar-refractivity contribution in [3.05, 3.63) is 33.3 Å². The highest BCUT2D eigenvalue weighted by molar-refractivity contribution is 9.10. The summed E-state index contributed by atoms with van der Waals surface area (Å²) < 4.78 is 6.10. The Morgan fingerprint density at radius 3 is 2.72 bits per heavy atom. The van der Waals surface area contributed by atoms with Gasteiger partial charge in [-0.05, 0) is 18.2 Å². The molecule has 0 aromatic heterocycles. The average Bonchev–Trinajstić information content (AvgIpc) is 2.32. The van der Waals surface area contributed by atoms with Crippen LogP contribution in [0.3, 0.4) is 0 Å². The molecule has 0 aliphatic rings. The van der Waals surface area contributed by atoms with Gasteiger partial charge in [-0.1, -0.05) is 43.5 Å². The van der Waals surface area contributed by atoms with E-state index in [-0.39, 0.29) is 5.91 Å². The van der Waals surface area contributed by atoms with Crippen LogP contribution in [0.1, 0.15) is 10.4 Å². The lowest BCUT2D eigenvalue weighted by Crippen LogP contribution is -2.30. The van der Waals surface area contributed by atoms with Gasteiger partial charge in [0, 0.05) is 34.0 Å². The van der Waals surface area contributed by atoms with E-state index >= 15 is 0 Å². The quantitative estimate of drug-likeness (QED) is 0.541. The monoisotopic (exact) mass is 397 g/mol. The molecule has 1 aromatic carbocycles. The van der Waals surface area contributed by atoms with Crippen molar-refractivity contribution in [3.63, 3.8) is 0 Å². The highest BCUT2D eigenvalue weighted by atomic mass is 79.9. The first-order valence-corrected chi connectivity index (χ1v) is 7.69.